The summed E-state index contributed by atoms with van der Waals surface area (Å²) in [6.07, 6.45) is 5.40. The minimum Gasteiger partial charge on any atom is -0.508 e. The third-order valence-electron chi connectivity index (χ3n) is 3.89. The Bertz CT molecular complexity index is 483. The topological polar surface area (TPSA) is 61.4 Å². The van der Waals surface area contributed by atoms with Gasteiger partial charge in [0.1, 0.15) is 5.75 Å². The molecule has 0 heterocycles. The Morgan fingerprint density at radius 2 is 2.16 bits per heavy atom. The lowest BCUT2D eigenvalue weighted by Gasteiger charge is -2.26. The van der Waals surface area contributed by atoms with Gasteiger partial charge >= 0.3 is 0 Å². The Hall–Kier alpha value is -1.55. The lowest BCUT2D eigenvalue weighted by atomic mass is 9.87. The van der Waals surface area contributed by atoms with Crippen molar-refractivity contribution in [3.8, 4) is 5.75 Å². The third-order valence-corrected chi connectivity index (χ3v) is 3.89. The van der Waals surface area contributed by atoms with E-state index in [1.54, 1.807) is 6.07 Å². The summed E-state index contributed by atoms with van der Waals surface area (Å²) < 4.78 is 0. The van der Waals surface area contributed by atoms with Crippen LogP contribution < -0.4 is 10.6 Å². The van der Waals surface area contributed by atoms with Crippen LogP contribution in [0.25, 0.3) is 0 Å². The Morgan fingerprint density at radius 3 is 2.95 bits per heavy atom. The van der Waals surface area contributed by atoms with E-state index >= 15 is 0 Å². The lowest BCUT2D eigenvalue weighted by molar-refractivity contribution is -0.120. The van der Waals surface area contributed by atoms with Gasteiger partial charge in [-0.2, -0.15) is 0 Å². The first-order chi connectivity index (χ1) is 9.22. The number of nitrogens with one attached hydrogen (secondary N) is 2. The summed E-state index contributed by atoms with van der Waals surface area (Å²) in [5, 5.41) is 15.8. The van der Waals surface area contributed by atoms with Gasteiger partial charge in [-0.1, -0.05) is 6.07 Å². The largest absolute Gasteiger partial charge is 0.508 e. The highest BCUT2D eigenvalue weighted by Crippen LogP contribution is 2.31. The fraction of sp³-hybridized carbons (Fsp3) is 0.533. The summed E-state index contributed by atoms with van der Waals surface area (Å²) in [6, 6.07) is 6.19. The number of carbonyl (C=O) groups is 1. The maximum atomic E-state index is 11.7. The number of phenolic OH excluding ortho intramolecular Hbond substituents is 1. The van der Waals surface area contributed by atoms with Crippen molar-refractivity contribution >= 4 is 5.91 Å². The maximum absolute atomic E-state index is 11.7. The molecule has 1 atom stereocenters. The Labute approximate surface area is 113 Å². The zero-order valence-corrected chi connectivity index (χ0v) is 11.0. The molecule has 2 aliphatic rings. The second-order valence-electron chi connectivity index (χ2n) is 5.55. The van der Waals surface area contributed by atoms with Gasteiger partial charge in [-0.25, -0.2) is 0 Å². The normalized spacial score (nSPS) is 21.8. The monoisotopic (exact) mass is 260 g/mol. The Morgan fingerprint density at radius 1 is 1.32 bits per heavy atom. The van der Waals surface area contributed by atoms with Crippen molar-refractivity contribution in [1.82, 2.24) is 10.6 Å². The van der Waals surface area contributed by atoms with Gasteiger partial charge in [0.2, 0.25) is 5.91 Å². The van der Waals surface area contributed by atoms with Crippen molar-refractivity contribution in [3.63, 3.8) is 0 Å². The van der Waals surface area contributed by atoms with E-state index in [0.29, 0.717) is 18.3 Å². The number of benzene rings is 1. The molecule has 1 fully saturated rings. The number of phenols is 1. The Kier molecular flexibility index (Phi) is 3.42. The lowest BCUT2D eigenvalue weighted by Crippen LogP contribution is -2.37. The van der Waals surface area contributed by atoms with Crippen molar-refractivity contribution in [2.45, 2.75) is 44.2 Å². The van der Waals surface area contributed by atoms with Crippen LogP contribution in [0, 0.1) is 0 Å². The molecule has 0 saturated heterocycles. The van der Waals surface area contributed by atoms with Crippen LogP contribution in [-0.4, -0.2) is 23.6 Å². The van der Waals surface area contributed by atoms with Crippen LogP contribution in [-0.2, 0) is 11.2 Å². The summed E-state index contributed by atoms with van der Waals surface area (Å²) in [5.41, 5.74) is 2.43. The summed E-state index contributed by atoms with van der Waals surface area (Å²) >= 11 is 0. The molecule has 0 aliphatic heterocycles. The number of carbonyl (C=O) groups excluding carboxylic acids is 1. The fourth-order valence-electron chi connectivity index (χ4n) is 2.74. The molecule has 4 nitrogen and oxygen atoms in total. The molecule has 3 rings (SSSR count). The standard InChI is InChI=1S/C15H20N2O2/c18-12-6-7-13-10(8-12)2-1-3-14(13)16-9-15(19)17-11-4-5-11/h6-8,11,14,16,18H,1-5,9H2,(H,17,19). The van der Waals surface area contributed by atoms with Gasteiger partial charge in [0.05, 0.1) is 6.54 Å². The SMILES string of the molecule is O=C(CNC1CCCc2cc(O)ccc21)NC1CC1. The average molecular weight is 260 g/mol. The van der Waals surface area contributed by atoms with Crippen molar-refractivity contribution in [2.24, 2.45) is 0 Å². The van der Waals surface area contributed by atoms with Crippen LogP contribution in [0.4, 0.5) is 0 Å². The van der Waals surface area contributed by atoms with Gasteiger partial charge in [-0.3, -0.25) is 4.79 Å². The summed E-state index contributed by atoms with van der Waals surface area (Å²) in [6.45, 7) is 0.376. The number of aryl methyl sites for hydroxylation is 1. The highest BCUT2D eigenvalue weighted by Gasteiger charge is 2.24. The van der Waals surface area contributed by atoms with E-state index in [1.165, 1.54) is 11.1 Å². The maximum Gasteiger partial charge on any atom is 0.234 e. The molecule has 0 aromatic heterocycles. The molecule has 1 aromatic carbocycles. The summed E-state index contributed by atoms with van der Waals surface area (Å²) in [7, 11) is 0. The number of rotatable bonds is 4. The first-order valence-electron chi connectivity index (χ1n) is 7.07. The smallest absolute Gasteiger partial charge is 0.234 e. The van der Waals surface area contributed by atoms with Gasteiger partial charge in [0.15, 0.2) is 0 Å². The molecule has 3 N–H and O–H groups in total. The Balaban J connectivity index is 1.61. The zero-order chi connectivity index (χ0) is 13.2. The first-order valence-corrected chi connectivity index (χ1v) is 7.07. The van der Waals surface area contributed by atoms with Gasteiger partial charge in [-0.15, -0.1) is 0 Å². The van der Waals surface area contributed by atoms with Crippen molar-refractivity contribution < 1.29 is 9.90 Å². The second kappa shape index (κ2) is 5.21. The van der Waals surface area contributed by atoms with Crippen LogP contribution in [0.5, 0.6) is 5.75 Å². The quantitative estimate of drug-likeness (QED) is 0.771. The van der Waals surface area contributed by atoms with Crippen molar-refractivity contribution in [2.75, 3.05) is 6.54 Å². The summed E-state index contributed by atoms with van der Waals surface area (Å²) in [5.74, 6) is 0.416. The van der Waals surface area contributed by atoms with Crippen LogP contribution in [0.2, 0.25) is 0 Å². The number of hydrogen-bond acceptors (Lipinski definition) is 3. The van der Waals surface area contributed by atoms with Gasteiger partial charge in [-0.05, 0) is 55.4 Å². The molecular weight excluding hydrogens is 240 g/mol. The molecule has 1 amide bonds. The molecule has 2 aliphatic carbocycles. The van der Waals surface area contributed by atoms with Crippen molar-refractivity contribution in [1.29, 1.82) is 0 Å². The van der Waals surface area contributed by atoms with E-state index in [4.69, 9.17) is 0 Å². The molecule has 0 radical (unpaired) electrons. The molecule has 4 heteroatoms. The first kappa shape index (κ1) is 12.5. The minimum atomic E-state index is 0.0911. The zero-order valence-electron chi connectivity index (χ0n) is 11.0. The molecule has 19 heavy (non-hydrogen) atoms. The predicted octanol–water partition coefficient (Wildman–Crippen LogP) is 1.64. The van der Waals surface area contributed by atoms with E-state index in [0.717, 1.165) is 32.1 Å². The van der Waals surface area contributed by atoms with E-state index in [9.17, 15) is 9.90 Å². The molecule has 1 unspecified atom stereocenters. The number of fused-ring (bicyclic) bond motifs is 1. The summed E-state index contributed by atoms with van der Waals surface area (Å²) in [4.78, 5) is 11.7. The second-order valence-corrected chi connectivity index (χ2v) is 5.55. The molecule has 0 spiro atoms. The van der Waals surface area contributed by atoms with Crippen LogP contribution >= 0.6 is 0 Å². The molecular formula is C15H20N2O2. The van der Waals surface area contributed by atoms with Gasteiger partial charge in [0.25, 0.3) is 0 Å². The van der Waals surface area contributed by atoms with Crippen LogP contribution in [0.1, 0.15) is 42.9 Å². The van der Waals surface area contributed by atoms with Crippen LogP contribution in [0.3, 0.4) is 0 Å². The number of hydrogen-bond donors (Lipinski definition) is 3. The number of aromatic hydroxyl groups is 1. The van der Waals surface area contributed by atoms with E-state index in [2.05, 4.69) is 10.6 Å². The van der Waals surface area contributed by atoms with E-state index in [1.807, 2.05) is 12.1 Å². The molecule has 1 saturated carbocycles. The van der Waals surface area contributed by atoms with Crippen molar-refractivity contribution in [3.05, 3.63) is 29.3 Å². The third kappa shape index (κ3) is 3.07. The predicted molar refractivity (Wildman–Crippen MR) is 73.0 cm³/mol. The molecule has 102 valence electrons. The average Bonchev–Trinajstić information content (AvgIpc) is 3.19. The molecule has 0 bridgehead atoms. The van der Waals surface area contributed by atoms with E-state index in [-0.39, 0.29) is 11.9 Å². The number of amides is 1. The van der Waals surface area contributed by atoms with E-state index < -0.39 is 0 Å². The molecule has 1 aromatic rings. The highest BCUT2D eigenvalue weighted by atomic mass is 16.3. The van der Waals surface area contributed by atoms with Gasteiger partial charge < -0.3 is 15.7 Å². The van der Waals surface area contributed by atoms with Crippen LogP contribution in [0.15, 0.2) is 18.2 Å². The van der Waals surface area contributed by atoms with Gasteiger partial charge in [0, 0.05) is 12.1 Å². The highest BCUT2D eigenvalue weighted by molar-refractivity contribution is 5.78. The fourth-order valence-corrected chi connectivity index (χ4v) is 2.74. The minimum absolute atomic E-state index is 0.0911.